The number of ether oxygens (including phenoxy) is 3. The molecule has 1 N–H and O–H groups in total. The summed E-state index contributed by atoms with van der Waals surface area (Å²) in [6, 6.07) is 11.4. The standard InChI is InChI=1S/C37H45ClN2O6S/c1-25-8-5-17-37(45-4,18-7-19-44-3)32-13-10-29(32)22-40-23-36(16-6-9-27-20-30(38)12-14-31(27)36)24-46-34-15-11-28(21-33(34)40)35(41)39-47(42,43)26(25)2/h5,11-12,14-15,17,20-21,25-26,29,32H,6,8-10,13,16,19,22-24H2,1-4H3,(H,39,41)/b17-5+/t25-,26+,29-,32+,36-,37-/m0/s1. The average Bonchev–Trinajstić information content (AvgIpc) is 3.18. The molecule has 1 amide bonds. The van der Waals surface area contributed by atoms with E-state index in [9.17, 15) is 13.2 Å². The lowest BCUT2D eigenvalue weighted by Crippen LogP contribution is -2.52. The van der Waals surface area contributed by atoms with Gasteiger partial charge in [0, 0.05) is 49.2 Å². The first-order valence-electron chi connectivity index (χ1n) is 16.6. The molecular weight excluding hydrogens is 636 g/mol. The molecule has 10 heteroatoms. The van der Waals surface area contributed by atoms with Crippen LogP contribution in [0.3, 0.4) is 0 Å². The van der Waals surface area contributed by atoms with Gasteiger partial charge in [-0.1, -0.05) is 42.5 Å². The summed E-state index contributed by atoms with van der Waals surface area (Å²) >= 11 is 6.44. The summed E-state index contributed by atoms with van der Waals surface area (Å²) in [7, 11) is -0.639. The first-order valence-corrected chi connectivity index (χ1v) is 18.5. The Balaban J connectivity index is 1.47. The Labute approximate surface area is 284 Å². The van der Waals surface area contributed by atoms with E-state index < -0.39 is 26.8 Å². The van der Waals surface area contributed by atoms with Crippen molar-refractivity contribution in [1.82, 2.24) is 4.72 Å². The lowest BCUT2D eigenvalue weighted by Gasteiger charge is -2.48. The van der Waals surface area contributed by atoms with E-state index in [0.717, 1.165) is 42.8 Å². The zero-order valence-electron chi connectivity index (χ0n) is 27.7. The van der Waals surface area contributed by atoms with Gasteiger partial charge in [-0.15, -0.1) is 0 Å². The molecule has 4 aliphatic rings. The van der Waals surface area contributed by atoms with Gasteiger partial charge in [0.2, 0.25) is 10.0 Å². The molecule has 0 aromatic heterocycles. The van der Waals surface area contributed by atoms with Crippen molar-refractivity contribution in [3.05, 3.63) is 70.3 Å². The zero-order valence-corrected chi connectivity index (χ0v) is 29.3. The molecule has 0 unspecified atom stereocenters. The molecule has 8 nitrogen and oxygen atoms in total. The fourth-order valence-corrected chi connectivity index (χ4v) is 9.38. The van der Waals surface area contributed by atoms with E-state index in [2.05, 4.69) is 33.6 Å². The number of halogens is 1. The molecule has 2 aliphatic heterocycles. The van der Waals surface area contributed by atoms with Gasteiger partial charge in [0.15, 0.2) is 0 Å². The number of methoxy groups -OCH3 is 2. The molecule has 2 heterocycles. The summed E-state index contributed by atoms with van der Waals surface area (Å²) < 4.78 is 47.3. The summed E-state index contributed by atoms with van der Waals surface area (Å²) in [5.74, 6) is 6.69. The van der Waals surface area contributed by atoms with Gasteiger partial charge in [-0.3, -0.25) is 4.79 Å². The van der Waals surface area contributed by atoms with Crippen LogP contribution >= 0.6 is 11.6 Å². The molecule has 1 saturated carbocycles. The summed E-state index contributed by atoms with van der Waals surface area (Å²) in [6.45, 7) is 5.68. The number of aryl methyl sites for hydroxylation is 1. The number of fused-ring (bicyclic) bond motifs is 4. The molecule has 0 saturated heterocycles. The first-order chi connectivity index (χ1) is 22.5. The van der Waals surface area contributed by atoms with Crippen LogP contribution < -0.4 is 14.4 Å². The maximum Gasteiger partial charge on any atom is 0.264 e. The lowest BCUT2D eigenvalue weighted by atomic mass is 9.64. The van der Waals surface area contributed by atoms with Gasteiger partial charge in [-0.2, -0.15) is 0 Å². The van der Waals surface area contributed by atoms with Gasteiger partial charge < -0.3 is 19.1 Å². The SMILES string of the molecule is COCC#C[C@@]1(OC)/C=C/C[C@H](C)[C@@H](C)S(=O)(=O)NC(=O)c2ccc3c(c2)N(C[C@@H]2CC[C@H]21)C[C@@]1(CCCc2cc(Cl)ccc21)CO3. The summed E-state index contributed by atoms with van der Waals surface area (Å²) in [5.41, 5.74) is 2.43. The van der Waals surface area contributed by atoms with Crippen molar-refractivity contribution < 1.29 is 27.4 Å². The van der Waals surface area contributed by atoms with Crippen molar-refractivity contribution in [3.8, 4) is 17.6 Å². The Morgan fingerprint density at radius 3 is 2.72 bits per heavy atom. The predicted octanol–water partition coefficient (Wildman–Crippen LogP) is 5.92. The third kappa shape index (κ3) is 6.55. The van der Waals surface area contributed by atoms with E-state index >= 15 is 0 Å². The summed E-state index contributed by atoms with van der Waals surface area (Å²) in [4.78, 5) is 15.9. The maximum atomic E-state index is 13.5. The molecule has 252 valence electrons. The van der Waals surface area contributed by atoms with Gasteiger partial charge >= 0.3 is 0 Å². The average molecular weight is 681 g/mol. The zero-order chi connectivity index (χ0) is 33.4. The van der Waals surface area contributed by atoms with E-state index in [-0.39, 0.29) is 35.3 Å². The Hall–Kier alpha value is -3.03. The number of carbonyl (C=O) groups is 1. The molecule has 1 spiro atoms. The highest BCUT2D eigenvalue weighted by molar-refractivity contribution is 7.90. The van der Waals surface area contributed by atoms with Crippen molar-refractivity contribution >= 4 is 33.2 Å². The summed E-state index contributed by atoms with van der Waals surface area (Å²) in [6.07, 6.45) is 9.38. The van der Waals surface area contributed by atoms with Crippen LogP contribution in [0.15, 0.2) is 48.6 Å². The Morgan fingerprint density at radius 2 is 1.98 bits per heavy atom. The second kappa shape index (κ2) is 13.5. The third-order valence-corrected chi connectivity index (χ3v) is 13.1. The molecule has 0 radical (unpaired) electrons. The molecule has 2 aromatic carbocycles. The second-order valence-corrected chi connectivity index (χ2v) is 16.2. The van der Waals surface area contributed by atoms with Gasteiger partial charge in [-0.05, 0) is 105 Å². The smallest absolute Gasteiger partial charge is 0.264 e. The summed E-state index contributed by atoms with van der Waals surface area (Å²) in [5, 5.41) is -0.0776. The number of nitrogens with zero attached hydrogens (tertiary/aromatic N) is 1. The van der Waals surface area contributed by atoms with Crippen LogP contribution in [-0.2, 0) is 31.3 Å². The van der Waals surface area contributed by atoms with Crippen molar-refractivity contribution in [1.29, 1.82) is 0 Å². The number of hydrogen-bond donors (Lipinski definition) is 1. The highest BCUT2D eigenvalue weighted by atomic mass is 35.5. The molecule has 6 atom stereocenters. The maximum absolute atomic E-state index is 13.5. The van der Waals surface area contributed by atoms with Gasteiger partial charge in [-0.25, -0.2) is 13.1 Å². The molecular formula is C37H45ClN2O6S. The van der Waals surface area contributed by atoms with Crippen LogP contribution in [0.2, 0.25) is 5.02 Å². The molecule has 6 rings (SSSR count). The minimum absolute atomic E-state index is 0.102. The third-order valence-electron chi connectivity index (χ3n) is 11.0. The van der Waals surface area contributed by atoms with Gasteiger partial charge in [0.05, 0.1) is 17.5 Å². The number of allylic oxidation sites excluding steroid dienone is 1. The Bertz CT molecular complexity index is 1720. The van der Waals surface area contributed by atoms with E-state index in [0.29, 0.717) is 31.9 Å². The molecule has 47 heavy (non-hydrogen) atoms. The topological polar surface area (TPSA) is 94.2 Å². The van der Waals surface area contributed by atoms with Gasteiger partial charge in [0.25, 0.3) is 5.91 Å². The van der Waals surface area contributed by atoms with Crippen molar-refractivity contribution in [2.24, 2.45) is 17.8 Å². The number of anilines is 1. The van der Waals surface area contributed by atoms with Crippen LogP contribution in [-0.4, -0.2) is 65.7 Å². The molecule has 2 aliphatic carbocycles. The quantitative estimate of drug-likeness (QED) is 0.311. The van der Waals surface area contributed by atoms with Crippen LogP contribution in [0.25, 0.3) is 0 Å². The number of sulfonamides is 1. The van der Waals surface area contributed by atoms with E-state index in [1.165, 1.54) is 11.1 Å². The van der Waals surface area contributed by atoms with Gasteiger partial charge in [0.1, 0.15) is 18.0 Å². The highest BCUT2D eigenvalue weighted by Crippen LogP contribution is 2.49. The molecule has 2 bridgehead atoms. The normalized spacial score (nSPS) is 32.3. The molecule has 2 aromatic rings. The lowest BCUT2D eigenvalue weighted by molar-refractivity contribution is -0.0352. The second-order valence-electron chi connectivity index (χ2n) is 13.8. The number of carbonyl (C=O) groups excluding carboxylic acids is 1. The van der Waals surface area contributed by atoms with Crippen molar-refractivity contribution in [3.63, 3.8) is 0 Å². The van der Waals surface area contributed by atoms with Crippen LogP contribution in [0.1, 0.15) is 67.4 Å². The number of rotatable bonds is 2. The predicted molar refractivity (Wildman–Crippen MR) is 185 cm³/mol. The number of nitrogens with one attached hydrogen (secondary N) is 1. The van der Waals surface area contributed by atoms with Crippen LogP contribution in [0.4, 0.5) is 5.69 Å². The monoisotopic (exact) mass is 680 g/mol. The first kappa shape index (κ1) is 33.9. The van der Waals surface area contributed by atoms with Crippen LogP contribution in [0, 0.1) is 29.6 Å². The minimum atomic E-state index is -3.96. The Morgan fingerprint density at radius 1 is 1.15 bits per heavy atom. The highest BCUT2D eigenvalue weighted by Gasteiger charge is 2.48. The number of benzene rings is 2. The van der Waals surface area contributed by atoms with Crippen LogP contribution in [0.5, 0.6) is 5.75 Å². The fraction of sp³-hybridized carbons (Fsp3) is 0.541. The Kier molecular flexibility index (Phi) is 9.70. The molecule has 1 fully saturated rings. The van der Waals surface area contributed by atoms with Crippen molar-refractivity contribution in [2.45, 2.75) is 68.6 Å². The minimum Gasteiger partial charge on any atom is -0.490 e. The largest absolute Gasteiger partial charge is 0.490 e. The van der Waals surface area contributed by atoms with E-state index in [1.54, 1.807) is 39.3 Å². The van der Waals surface area contributed by atoms with E-state index in [4.69, 9.17) is 25.8 Å². The fourth-order valence-electron chi connectivity index (χ4n) is 7.90. The van der Waals surface area contributed by atoms with Crippen molar-refractivity contribution in [2.75, 3.05) is 45.4 Å². The number of amides is 1. The van der Waals surface area contributed by atoms with E-state index in [1.807, 2.05) is 25.1 Å². The number of hydrogen-bond acceptors (Lipinski definition) is 7.